The van der Waals surface area contributed by atoms with E-state index in [-0.39, 0.29) is 0 Å². The second-order valence-corrected chi connectivity index (χ2v) is 5.03. The van der Waals surface area contributed by atoms with Crippen LogP contribution in [-0.2, 0) is 0 Å². The van der Waals surface area contributed by atoms with Crippen molar-refractivity contribution in [3.63, 3.8) is 0 Å². The number of aromatic nitrogens is 2. The van der Waals surface area contributed by atoms with Crippen LogP contribution in [0.25, 0.3) is 10.8 Å². The number of nitrogens with one attached hydrogen (secondary N) is 1. The van der Waals surface area contributed by atoms with Crippen LogP contribution < -0.4 is 5.32 Å². The summed E-state index contributed by atoms with van der Waals surface area (Å²) < 4.78 is 0. The fraction of sp³-hybridized carbons (Fsp3) is 0.231. The number of benzene rings is 1. The summed E-state index contributed by atoms with van der Waals surface area (Å²) in [7, 11) is 0. The topological polar surface area (TPSA) is 37.8 Å². The monoisotopic (exact) mass is 277 g/mol. The minimum atomic E-state index is 0.429. The Morgan fingerprint density at radius 1 is 1.28 bits per heavy atom. The Bertz CT molecular complexity index is 580. The van der Waals surface area contributed by atoms with Crippen LogP contribution in [0.15, 0.2) is 24.3 Å². The van der Waals surface area contributed by atoms with Crippen molar-refractivity contribution >= 4 is 40.0 Å². The standard InChI is InChI=1S/C13H12ClN3S/c1-2-8-18-9-7-15-13-11-6-4-3-5-10(11)12(14)16-17-13/h1,3-6H,7-9H2,(H,15,17). The summed E-state index contributed by atoms with van der Waals surface area (Å²) in [5.74, 6) is 5.02. The van der Waals surface area contributed by atoms with Crippen molar-refractivity contribution in [2.45, 2.75) is 0 Å². The molecule has 1 aromatic heterocycles. The van der Waals surface area contributed by atoms with Crippen molar-refractivity contribution in [1.29, 1.82) is 0 Å². The first-order valence-corrected chi connectivity index (χ1v) is 7.02. The molecule has 0 spiro atoms. The van der Waals surface area contributed by atoms with Crippen LogP contribution in [0.4, 0.5) is 5.82 Å². The molecule has 1 aromatic carbocycles. The molecular formula is C13H12ClN3S. The summed E-state index contributed by atoms with van der Waals surface area (Å²) in [6.45, 7) is 0.798. The van der Waals surface area contributed by atoms with E-state index >= 15 is 0 Å². The fourth-order valence-corrected chi connectivity index (χ4v) is 2.29. The van der Waals surface area contributed by atoms with Gasteiger partial charge in [0.1, 0.15) is 0 Å². The molecule has 0 amide bonds. The van der Waals surface area contributed by atoms with Gasteiger partial charge < -0.3 is 5.32 Å². The van der Waals surface area contributed by atoms with E-state index in [1.165, 1.54) is 0 Å². The van der Waals surface area contributed by atoms with Crippen molar-refractivity contribution < 1.29 is 0 Å². The van der Waals surface area contributed by atoms with Gasteiger partial charge in [-0.15, -0.1) is 28.4 Å². The van der Waals surface area contributed by atoms with E-state index in [4.69, 9.17) is 18.0 Å². The Balaban J connectivity index is 2.09. The summed E-state index contributed by atoms with van der Waals surface area (Å²) in [4.78, 5) is 0. The van der Waals surface area contributed by atoms with Crippen LogP contribution >= 0.6 is 23.4 Å². The lowest BCUT2D eigenvalue weighted by atomic mass is 10.2. The zero-order chi connectivity index (χ0) is 12.8. The summed E-state index contributed by atoms with van der Waals surface area (Å²) in [5, 5.41) is 13.6. The number of hydrogen-bond donors (Lipinski definition) is 1. The molecule has 0 radical (unpaired) electrons. The molecule has 0 aliphatic carbocycles. The van der Waals surface area contributed by atoms with Gasteiger partial charge in [0, 0.05) is 23.1 Å². The van der Waals surface area contributed by atoms with Crippen LogP contribution in [0.2, 0.25) is 5.15 Å². The van der Waals surface area contributed by atoms with Crippen LogP contribution in [0, 0.1) is 12.3 Å². The van der Waals surface area contributed by atoms with Gasteiger partial charge in [0.05, 0.1) is 5.75 Å². The molecule has 0 aliphatic heterocycles. The highest BCUT2D eigenvalue weighted by atomic mass is 35.5. The van der Waals surface area contributed by atoms with Crippen LogP contribution in [0.3, 0.4) is 0 Å². The third kappa shape index (κ3) is 3.06. The Morgan fingerprint density at radius 2 is 2.06 bits per heavy atom. The number of thioether (sulfide) groups is 1. The normalized spacial score (nSPS) is 10.2. The van der Waals surface area contributed by atoms with Crippen molar-refractivity contribution in [2.24, 2.45) is 0 Å². The van der Waals surface area contributed by atoms with Gasteiger partial charge in [0.25, 0.3) is 0 Å². The third-order valence-electron chi connectivity index (χ3n) is 2.37. The molecule has 1 heterocycles. The SMILES string of the molecule is C#CCSCCNc1nnc(Cl)c2ccccc12. The van der Waals surface area contributed by atoms with E-state index in [0.717, 1.165) is 34.6 Å². The van der Waals surface area contributed by atoms with Crippen LogP contribution in [0.1, 0.15) is 0 Å². The fourth-order valence-electron chi connectivity index (χ4n) is 1.57. The molecule has 0 bridgehead atoms. The van der Waals surface area contributed by atoms with Gasteiger partial charge in [0.2, 0.25) is 0 Å². The van der Waals surface area contributed by atoms with E-state index in [1.54, 1.807) is 11.8 Å². The molecule has 0 aliphatic rings. The number of halogens is 1. The van der Waals surface area contributed by atoms with Gasteiger partial charge in [-0.25, -0.2) is 0 Å². The first kappa shape index (κ1) is 13.0. The minimum absolute atomic E-state index is 0.429. The van der Waals surface area contributed by atoms with Gasteiger partial charge >= 0.3 is 0 Å². The van der Waals surface area contributed by atoms with E-state index in [9.17, 15) is 0 Å². The Kier molecular flexibility index (Phi) is 4.68. The molecule has 5 heteroatoms. The molecular weight excluding hydrogens is 266 g/mol. The first-order valence-electron chi connectivity index (χ1n) is 5.49. The van der Waals surface area contributed by atoms with Crippen molar-refractivity contribution in [3.8, 4) is 12.3 Å². The zero-order valence-electron chi connectivity index (χ0n) is 9.69. The highest BCUT2D eigenvalue weighted by Crippen LogP contribution is 2.25. The number of hydrogen-bond acceptors (Lipinski definition) is 4. The van der Waals surface area contributed by atoms with Crippen LogP contribution in [0.5, 0.6) is 0 Å². The van der Waals surface area contributed by atoms with Gasteiger partial charge in [0.15, 0.2) is 11.0 Å². The van der Waals surface area contributed by atoms with Crippen LogP contribution in [-0.4, -0.2) is 28.2 Å². The summed E-state index contributed by atoms with van der Waals surface area (Å²) >= 11 is 7.71. The predicted octanol–water partition coefficient (Wildman–Crippen LogP) is 3.06. The second kappa shape index (κ2) is 6.48. The van der Waals surface area contributed by atoms with E-state index in [2.05, 4.69) is 21.4 Å². The highest BCUT2D eigenvalue weighted by Gasteiger charge is 2.06. The second-order valence-electron chi connectivity index (χ2n) is 3.57. The van der Waals surface area contributed by atoms with Gasteiger partial charge in [-0.05, 0) is 0 Å². The molecule has 0 saturated heterocycles. The number of anilines is 1. The number of rotatable bonds is 5. The molecule has 18 heavy (non-hydrogen) atoms. The maximum atomic E-state index is 6.00. The molecule has 0 atom stereocenters. The number of fused-ring (bicyclic) bond motifs is 1. The lowest BCUT2D eigenvalue weighted by Crippen LogP contribution is -2.07. The average Bonchev–Trinajstić information content (AvgIpc) is 2.41. The first-order chi connectivity index (χ1) is 8.83. The molecule has 2 rings (SSSR count). The Labute approximate surface area is 115 Å². The number of terminal acetylenes is 1. The third-order valence-corrected chi connectivity index (χ3v) is 3.51. The van der Waals surface area contributed by atoms with E-state index in [1.807, 2.05) is 24.3 Å². The molecule has 0 fully saturated rings. The summed E-state index contributed by atoms with van der Waals surface area (Å²) in [6, 6.07) is 7.80. The quantitative estimate of drug-likeness (QED) is 0.673. The van der Waals surface area contributed by atoms with E-state index < -0.39 is 0 Å². The maximum absolute atomic E-state index is 6.00. The molecule has 92 valence electrons. The Hall–Kier alpha value is -1.44. The average molecular weight is 278 g/mol. The molecule has 2 aromatic rings. The van der Waals surface area contributed by atoms with Crippen molar-refractivity contribution in [1.82, 2.24) is 10.2 Å². The maximum Gasteiger partial charge on any atom is 0.159 e. The van der Waals surface area contributed by atoms with Gasteiger partial charge in [-0.1, -0.05) is 41.8 Å². The molecule has 1 N–H and O–H groups in total. The number of nitrogens with zero attached hydrogens (tertiary/aromatic N) is 2. The van der Waals surface area contributed by atoms with Crippen molar-refractivity contribution in [2.75, 3.05) is 23.4 Å². The van der Waals surface area contributed by atoms with Crippen molar-refractivity contribution in [3.05, 3.63) is 29.4 Å². The highest BCUT2D eigenvalue weighted by molar-refractivity contribution is 7.99. The summed E-state index contributed by atoms with van der Waals surface area (Å²) in [5.41, 5.74) is 0. The molecule has 3 nitrogen and oxygen atoms in total. The zero-order valence-corrected chi connectivity index (χ0v) is 11.3. The van der Waals surface area contributed by atoms with Gasteiger partial charge in [-0.3, -0.25) is 0 Å². The predicted molar refractivity (Wildman–Crippen MR) is 79.2 cm³/mol. The lowest BCUT2D eigenvalue weighted by molar-refractivity contribution is 1.03. The largest absolute Gasteiger partial charge is 0.367 e. The lowest BCUT2D eigenvalue weighted by Gasteiger charge is -2.08. The smallest absolute Gasteiger partial charge is 0.159 e. The van der Waals surface area contributed by atoms with E-state index in [0.29, 0.717) is 5.15 Å². The Morgan fingerprint density at radius 3 is 2.83 bits per heavy atom. The molecule has 0 unspecified atom stereocenters. The molecule has 0 saturated carbocycles. The minimum Gasteiger partial charge on any atom is -0.367 e. The van der Waals surface area contributed by atoms with Gasteiger partial charge in [-0.2, -0.15) is 0 Å². The summed E-state index contributed by atoms with van der Waals surface area (Å²) in [6.07, 6.45) is 5.18.